The maximum atomic E-state index is 12.3. The van der Waals surface area contributed by atoms with Crippen LogP contribution in [0.3, 0.4) is 0 Å². The Balaban J connectivity index is 1.26. The van der Waals surface area contributed by atoms with Crippen LogP contribution in [-0.2, 0) is 6.42 Å². The second kappa shape index (κ2) is 7.07. The van der Waals surface area contributed by atoms with Crippen LogP contribution in [0.4, 0.5) is 10.6 Å². The largest absolute Gasteiger partial charge is 0.466 e. The summed E-state index contributed by atoms with van der Waals surface area (Å²) in [4.78, 5) is 20.6. The van der Waals surface area contributed by atoms with E-state index in [-0.39, 0.29) is 6.03 Å². The van der Waals surface area contributed by atoms with Crippen LogP contribution in [0, 0.1) is 6.92 Å². The van der Waals surface area contributed by atoms with Gasteiger partial charge in [0.1, 0.15) is 17.3 Å². The van der Waals surface area contributed by atoms with Crippen LogP contribution in [-0.4, -0.2) is 58.3 Å². The third-order valence-corrected chi connectivity index (χ3v) is 4.58. The van der Waals surface area contributed by atoms with Gasteiger partial charge in [-0.15, -0.1) is 5.10 Å². The van der Waals surface area contributed by atoms with E-state index in [0.29, 0.717) is 26.1 Å². The van der Waals surface area contributed by atoms with Crippen LogP contribution < -0.4 is 10.2 Å². The molecule has 3 aromatic heterocycles. The highest BCUT2D eigenvalue weighted by Crippen LogP contribution is 2.14. The van der Waals surface area contributed by atoms with Gasteiger partial charge in [-0.1, -0.05) is 0 Å². The Bertz CT molecular complexity index is 894. The van der Waals surface area contributed by atoms with Crippen molar-refractivity contribution in [3.63, 3.8) is 0 Å². The van der Waals surface area contributed by atoms with Gasteiger partial charge in [0.2, 0.25) is 0 Å². The van der Waals surface area contributed by atoms with Crippen LogP contribution in [0.25, 0.3) is 5.65 Å². The van der Waals surface area contributed by atoms with Crippen molar-refractivity contribution < 1.29 is 9.21 Å². The topological polar surface area (TPSA) is 78.9 Å². The molecule has 8 heteroatoms. The summed E-state index contributed by atoms with van der Waals surface area (Å²) < 4.78 is 7.28. The average Bonchev–Trinajstić information content (AvgIpc) is 3.30. The van der Waals surface area contributed by atoms with Crippen molar-refractivity contribution >= 4 is 17.5 Å². The maximum absolute atomic E-state index is 12.3. The predicted octanol–water partition coefficient (Wildman–Crippen LogP) is 1.71. The number of rotatable bonds is 4. The van der Waals surface area contributed by atoms with Crippen molar-refractivity contribution in [2.24, 2.45) is 0 Å². The number of amides is 2. The van der Waals surface area contributed by atoms with Crippen LogP contribution in [0.1, 0.15) is 11.5 Å². The van der Waals surface area contributed by atoms with Gasteiger partial charge in [-0.3, -0.25) is 0 Å². The number of aryl methyl sites for hydroxylation is 1. The normalized spacial score (nSPS) is 14.8. The molecular formula is C18H22N6O2. The summed E-state index contributed by atoms with van der Waals surface area (Å²) in [7, 11) is 0. The summed E-state index contributed by atoms with van der Waals surface area (Å²) in [6.45, 7) is 5.37. The minimum Gasteiger partial charge on any atom is -0.466 e. The fourth-order valence-electron chi connectivity index (χ4n) is 3.14. The van der Waals surface area contributed by atoms with Gasteiger partial charge in [-0.2, -0.15) is 0 Å². The number of carbonyl (C=O) groups excluding carboxylic acids is 1. The molecular weight excluding hydrogens is 332 g/mol. The summed E-state index contributed by atoms with van der Waals surface area (Å²) in [6, 6.07) is 7.79. The fourth-order valence-corrected chi connectivity index (χ4v) is 3.14. The predicted molar refractivity (Wildman–Crippen MR) is 97.3 cm³/mol. The van der Waals surface area contributed by atoms with E-state index in [9.17, 15) is 4.79 Å². The zero-order valence-electron chi connectivity index (χ0n) is 14.8. The van der Waals surface area contributed by atoms with Crippen LogP contribution in [0.15, 0.2) is 41.1 Å². The number of imidazole rings is 1. The Hall–Kier alpha value is -3.03. The first-order valence-electron chi connectivity index (χ1n) is 8.82. The highest BCUT2D eigenvalue weighted by molar-refractivity contribution is 5.74. The molecule has 0 aromatic carbocycles. The number of furan rings is 1. The van der Waals surface area contributed by atoms with Crippen LogP contribution in [0.5, 0.6) is 0 Å². The molecule has 0 radical (unpaired) electrons. The highest BCUT2D eigenvalue weighted by atomic mass is 16.3. The molecule has 1 saturated heterocycles. The van der Waals surface area contributed by atoms with E-state index in [4.69, 9.17) is 4.42 Å². The van der Waals surface area contributed by atoms with Gasteiger partial charge in [0.15, 0.2) is 5.65 Å². The molecule has 0 bridgehead atoms. The van der Waals surface area contributed by atoms with E-state index >= 15 is 0 Å². The molecule has 0 spiro atoms. The van der Waals surface area contributed by atoms with Crippen LogP contribution in [0.2, 0.25) is 0 Å². The van der Waals surface area contributed by atoms with Gasteiger partial charge in [-0.25, -0.2) is 14.3 Å². The van der Waals surface area contributed by atoms with Crippen molar-refractivity contribution in [2.45, 2.75) is 13.3 Å². The Morgan fingerprint density at radius 1 is 1.19 bits per heavy atom. The lowest BCUT2D eigenvalue weighted by Gasteiger charge is -2.35. The zero-order chi connectivity index (χ0) is 17.9. The molecule has 0 unspecified atom stereocenters. The van der Waals surface area contributed by atoms with Crippen molar-refractivity contribution in [3.8, 4) is 0 Å². The van der Waals surface area contributed by atoms with Gasteiger partial charge in [0.25, 0.3) is 0 Å². The first kappa shape index (κ1) is 16.4. The second-order valence-corrected chi connectivity index (χ2v) is 6.39. The molecule has 4 heterocycles. The lowest BCUT2D eigenvalue weighted by Crippen LogP contribution is -2.52. The number of urea groups is 1. The molecule has 2 amide bonds. The fraction of sp³-hybridized carbons (Fsp3) is 0.389. The highest BCUT2D eigenvalue weighted by Gasteiger charge is 2.22. The standard InChI is InChI=1S/C18H22N6O2/c1-14-2-3-15(26-14)6-7-20-18(25)23-12-10-22(11-13-23)17-5-4-16-19-8-9-24(16)21-17/h2-5,8-9H,6-7,10-13H2,1H3,(H,20,25). The third-order valence-electron chi connectivity index (χ3n) is 4.58. The summed E-state index contributed by atoms with van der Waals surface area (Å²) >= 11 is 0. The van der Waals surface area contributed by atoms with E-state index in [1.807, 2.05) is 42.3 Å². The van der Waals surface area contributed by atoms with Crippen LogP contribution >= 0.6 is 0 Å². The molecule has 3 aromatic rings. The van der Waals surface area contributed by atoms with E-state index in [1.54, 1.807) is 10.7 Å². The average molecular weight is 354 g/mol. The van der Waals surface area contributed by atoms with Crippen molar-refractivity contribution in [2.75, 3.05) is 37.6 Å². The molecule has 8 nitrogen and oxygen atoms in total. The molecule has 0 atom stereocenters. The quantitative estimate of drug-likeness (QED) is 0.772. The van der Waals surface area contributed by atoms with Crippen molar-refractivity contribution in [3.05, 3.63) is 48.2 Å². The van der Waals surface area contributed by atoms with Crippen molar-refractivity contribution in [1.29, 1.82) is 0 Å². The number of hydrogen-bond acceptors (Lipinski definition) is 5. The van der Waals surface area contributed by atoms with Gasteiger partial charge in [-0.05, 0) is 31.2 Å². The van der Waals surface area contributed by atoms with Gasteiger partial charge in [0, 0.05) is 51.5 Å². The van der Waals surface area contributed by atoms with Gasteiger partial charge >= 0.3 is 6.03 Å². The number of piperazine rings is 1. The molecule has 1 N–H and O–H groups in total. The number of anilines is 1. The maximum Gasteiger partial charge on any atom is 0.317 e. The Morgan fingerprint density at radius 2 is 2.04 bits per heavy atom. The Morgan fingerprint density at radius 3 is 2.81 bits per heavy atom. The monoisotopic (exact) mass is 354 g/mol. The Kier molecular flexibility index (Phi) is 4.47. The molecule has 4 rings (SSSR count). The first-order chi connectivity index (χ1) is 12.7. The molecule has 26 heavy (non-hydrogen) atoms. The van der Waals surface area contributed by atoms with E-state index in [0.717, 1.165) is 36.1 Å². The smallest absolute Gasteiger partial charge is 0.317 e. The molecule has 136 valence electrons. The summed E-state index contributed by atoms with van der Waals surface area (Å²) in [6.07, 6.45) is 4.27. The Labute approximate surface area is 151 Å². The van der Waals surface area contributed by atoms with E-state index < -0.39 is 0 Å². The van der Waals surface area contributed by atoms with E-state index in [2.05, 4.69) is 20.3 Å². The second-order valence-electron chi connectivity index (χ2n) is 6.39. The number of carbonyl (C=O) groups is 1. The van der Waals surface area contributed by atoms with Crippen molar-refractivity contribution in [1.82, 2.24) is 24.8 Å². The molecule has 1 aliphatic heterocycles. The number of fused-ring (bicyclic) bond motifs is 1. The van der Waals surface area contributed by atoms with Gasteiger partial charge in [0.05, 0.1) is 0 Å². The van der Waals surface area contributed by atoms with E-state index in [1.165, 1.54) is 0 Å². The number of nitrogens with zero attached hydrogens (tertiary/aromatic N) is 5. The summed E-state index contributed by atoms with van der Waals surface area (Å²) in [5.41, 5.74) is 0.832. The lowest BCUT2D eigenvalue weighted by atomic mass is 10.3. The SMILES string of the molecule is Cc1ccc(CCNC(=O)N2CCN(c3ccc4nccn4n3)CC2)o1. The first-order valence-corrected chi connectivity index (χ1v) is 8.82. The molecule has 1 fully saturated rings. The third kappa shape index (κ3) is 3.49. The summed E-state index contributed by atoms with van der Waals surface area (Å²) in [5.74, 6) is 2.70. The lowest BCUT2D eigenvalue weighted by molar-refractivity contribution is 0.194. The minimum atomic E-state index is -0.0223. The number of nitrogens with one attached hydrogen (secondary N) is 1. The summed E-state index contributed by atoms with van der Waals surface area (Å²) in [5, 5.41) is 7.53. The zero-order valence-corrected chi connectivity index (χ0v) is 14.8. The minimum absolute atomic E-state index is 0.0223. The molecule has 1 aliphatic rings. The molecule has 0 aliphatic carbocycles. The van der Waals surface area contributed by atoms with Gasteiger partial charge < -0.3 is 19.5 Å². The number of hydrogen-bond donors (Lipinski definition) is 1. The molecule has 0 saturated carbocycles. The number of aromatic nitrogens is 3.